The summed E-state index contributed by atoms with van der Waals surface area (Å²) in [6.45, 7) is -3.19. The molecule has 0 bridgehead atoms. The summed E-state index contributed by atoms with van der Waals surface area (Å²) in [5.74, 6) is -0.653. The lowest BCUT2D eigenvalue weighted by molar-refractivity contribution is -0.114. The smallest absolute Gasteiger partial charge is 0.387 e. The molecule has 0 saturated heterocycles. The maximum Gasteiger partial charge on any atom is 0.387 e. The highest BCUT2D eigenvalue weighted by Gasteiger charge is 2.12. The van der Waals surface area contributed by atoms with Gasteiger partial charge in [-0.3, -0.25) is 4.79 Å². The fourth-order valence-electron chi connectivity index (χ4n) is 1.98. The van der Waals surface area contributed by atoms with Gasteiger partial charge >= 0.3 is 6.61 Å². The topological polar surface area (TPSA) is 84.5 Å². The van der Waals surface area contributed by atoms with Crippen LogP contribution in [-0.4, -0.2) is 33.7 Å². The van der Waals surface area contributed by atoms with Crippen molar-refractivity contribution in [2.24, 2.45) is 0 Å². The van der Waals surface area contributed by atoms with Crippen molar-refractivity contribution in [3.8, 4) is 5.75 Å². The molecule has 0 heterocycles. The van der Waals surface area contributed by atoms with Gasteiger partial charge in [0.2, 0.25) is 5.91 Å². The summed E-state index contributed by atoms with van der Waals surface area (Å²) in [6, 6.07) is 11.8. The summed E-state index contributed by atoms with van der Waals surface area (Å²) in [5, 5.41) is 5.22. The van der Waals surface area contributed by atoms with E-state index in [4.69, 9.17) is 0 Å². The van der Waals surface area contributed by atoms with Crippen molar-refractivity contribution >= 4 is 27.1 Å². The number of hydrogen-bond acceptors (Lipinski definition) is 5. The predicted octanol–water partition coefficient (Wildman–Crippen LogP) is 2.74. The second-order valence-electron chi connectivity index (χ2n) is 5.08. The maximum absolute atomic E-state index is 12.3. The number of benzene rings is 2. The molecule has 0 radical (unpaired) electrons. The lowest BCUT2D eigenvalue weighted by atomic mass is 10.3. The van der Waals surface area contributed by atoms with Crippen LogP contribution in [0.2, 0.25) is 0 Å². The van der Waals surface area contributed by atoms with Crippen LogP contribution in [0.4, 0.5) is 20.2 Å². The highest BCUT2D eigenvalue weighted by molar-refractivity contribution is 7.90. The molecule has 0 saturated carbocycles. The number of para-hydroxylation sites is 2. The molecular formula is C16H16F2N2O4S. The predicted molar refractivity (Wildman–Crippen MR) is 89.7 cm³/mol. The Labute approximate surface area is 143 Å². The first-order valence-electron chi connectivity index (χ1n) is 7.13. The zero-order valence-electron chi connectivity index (χ0n) is 13.2. The molecule has 0 spiro atoms. The second kappa shape index (κ2) is 7.93. The van der Waals surface area contributed by atoms with Gasteiger partial charge in [0, 0.05) is 11.9 Å². The third kappa shape index (κ3) is 5.71. The number of sulfone groups is 1. The van der Waals surface area contributed by atoms with Gasteiger partial charge in [-0.15, -0.1) is 0 Å². The Morgan fingerprint density at radius 2 is 1.88 bits per heavy atom. The quantitative estimate of drug-likeness (QED) is 0.783. The Hall–Kier alpha value is -2.68. The van der Waals surface area contributed by atoms with E-state index in [2.05, 4.69) is 15.4 Å². The molecule has 2 rings (SSSR count). The number of nitrogens with one attached hydrogen (secondary N) is 2. The highest BCUT2D eigenvalue weighted by Crippen LogP contribution is 2.25. The van der Waals surface area contributed by atoms with E-state index in [1.54, 1.807) is 18.2 Å². The number of carbonyl (C=O) groups is 1. The Kier molecular flexibility index (Phi) is 5.92. The van der Waals surface area contributed by atoms with Gasteiger partial charge in [0.05, 0.1) is 17.1 Å². The van der Waals surface area contributed by atoms with Crippen LogP contribution >= 0.6 is 0 Å². The monoisotopic (exact) mass is 370 g/mol. The minimum absolute atomic E-state index is 0.111. The van der Waals surface area contributed by atoms with Crippen molar-refractivity contribution in [1.82, 2.24) is 0 Å². The number of halogens is 2. The summed E-state index contributed by atoms with van der Waals surface area (Å²) >= 11 is 0. The Bertz CT molecular complexity index is 857. The van der Waals surface area contributed by atoms with Crippen LogP contribution in [0, 0.1) is 0 Å². The standard InChI is InChI=1S/C16H16F2N2O4S/c1-25(22,23)12-6-4-5-11(9-12)19-10-15(21)20-13-7-2-3-8-14(13)24-16(17)18/h2-9,16,19H,10H2,1H3,(H,20,21). The molecule has 0 unspecified atom stereocenters. The van der Waals surface area contributed by atoms with Crippen molar-refractivity contribution < 1.29 is 26.7 Å². The van der Waals surface area contributed by atoms with Crippen molar-refractivity contribution in [3.05, 3.63) is 48.5 Å². The molecule has 2 aromatic rings. The summed E-state index contributed by atoms with van der Waals surface area (Å²) in [7, 11) is -3.36. The van der Waals surface area contributed by atoms with Crippen LogP contribution in [0.5, 0.6) is 5.75 Å². The lowest BCUT2D eigenvalue weighted by Gasteiger charge is -2.12. The first kappa shape index (κ1) is 18.7. The third-order valence-corrected chi connectivity index (χ3v) is 4.20. The fourth-order valence-corrected chi connectivity index (χ4v) is 2.65. The molecule has 0 aliphatic carbocycles. The van der Waals surface area contributed by atoms with Gasteiger partial charge in [-0.05, 0) is 30.3 Å². The van der Waals surface area contributed by atoms with E-state index in [0.717, 1.165) is 6.26 Å². The van der Waals surface area contributed by atoms with Crippen LogP contribution in [0.3, 0.4) is 0 Å². The molecule has 0 atom stereocenters. The fraction of sp³-hybridized carbons (Fsp3) is 0.188. The molecule has 2 N–H and O–H groups in total. The Balaban J connectivity index is 2.00. The largest absolute Gasteiger partial charge is 0.433 e. The summed E-state index contributed by atoms with van der Waals surface area (Å²) < 4.78 is 52.0. The highest BCUT2D eigenvalue weighted by atomic mass is 32.2. The number of anilines is 2. The molecule has 9 heteroatoms. The van der Waals surface area contributed by atoms with E-state index in [-0.39, 0.29) is 22.9 Å². The second-order valence-corrected chi connectivity index (χ2v) is 7.09. The van der Waals surface area contributed by atoms with Gasteiger partial charge in [-0.1, -0.05) is 18.2 Å². The number of carbonyl (C=O) groups excluding carboxylic acids is 1. The number of rotatable bonds is 7. The third-order valence-electron chi connectivity index (χ3n) is 3.09. The lowest BCUT2D eigenvalue weighted by Crippen LogP contribution is -2.22. The SMILES string of the molecule is CS(=O)(=O)c1cccc(NCC(=O)Nc2ccccc2OC(F)F)c1. The van der Waals surface area contributed by atoms with Gasteiger partial charge in [0.25, 0.3) is 0 Å². The van der Waals surface area contributed by atoms with Crippen LogP contribution in [0.1, 0.15) is 0 Å². The number of hydrogen-bond donors (Lipinski definition) is 2. The van der Waals surface area contributed by atoms with Crippen LogP contribution in [0.15, 0.2) is 53.4 Å². The normalized spacial score (nSPS) is 11.2. The van der Waals surface area contributed by atoms with E-state index in [0.29, 0.717) is 5.69 Å². The molecule has 1 amide bonds. The molecular weight excluding hydrogens is 354 g/mol. The van der Waals surface area contributed by atoms with Crippen LogP contribution < -0.4 is 15.4 Å². The van der Waals surface area contributed by atoms with Gasteiger partial charge < -0.3 is 15.4 Å². The van der Waals surface area contributed by atoms with Gasteiger partial charge in [-0.2, -0.15) is 8.78 Å². The average Bonchev–Trinajstić information content (AvgIpc) is 2.54. The van der Waals surface area contributed by atoms with Gasteiger partial charge in [0.15, 0.2) is 9.84 Å². The van der Waals surface area contributed by atoms with Crippen molar-refractivity contribution in [1.29, 1.82) is 0 Å². The zero-order chi connectivity index (χ0) is 18.4. The molecule has 0 aromatic heterocycles. The van der Waals surface area contributed by atoms with E-state index < -0.39 is 22.4 Å². The van der Waals surface area contributed by atoms with E-state index >= 15 is 0 Å². The van der Waals surface area contributed by atoms with E-state index in [1.165, 1.54) is 30.3 Å². The minimum atomic E-state index is -3.36. The molecule has 0 aliphatic rings. The van der Waals surface area contributed by atoms with E-state index in [9.17, 15) is 22.0 Å². The van der Waals surface area contributed by atoms with Crippen molar-refractivity contribution in [3.63, 3.8) is 0 Å². The molecule has 2 aromatic carbocycles. The first-order chi connectivity index (χ1) is 11.8. The zero-order valence-corrected chi connectivity index (χ0v) is 14.0. The van der Waals surface area contributed by atoms with Gasteiger partial charge in [-0.25, -0.2) is 8.42 Å². The summed E-state index contributed by atoms with van der Waals surface area (Å²) in [5.41, 5.74) is 0.551. The Morgan fingerprint density at radius 3 is 2.56 bits per heavy atom. The van der Waals surface area contributed by atoms with Crippen LogP contribution in [-0.2, 0) is 14.6 Å². The molecule has 0 fully saturated rings. The average molecular weight is 370 g/mol. The molecule has 0 aliphatic heterocycles. The van der Waals surface area contributed by atoms with E-state index in [1.807, 2.05) is 0 Å². The number of amides is 1. The van der Waals surface area contributed by atoms with Crippen LogP contribution in [0.25, 0.3) is 0 Å². The summed E-state index contributed by atoms with van der Waals surface area (Å²) in [4.78, 5) is 12.1. The number of ether oxygens (including phenoxy) is 1. The van der Waals surface area contributed by atoms with Gasteiger partial charge in [0.1, 0.15) is 5.75 Å². The van der Waals surface area contributed by atoms with Crippen molar-refractivity contribution in [2.75, 3.05) is 23.4 Å². The first-order valence-corrected chi connectivity index (χ1v) is 9.02. The summed E-state index contributed by atoms with van der Waals surface area (Å²) in [6.07, 6.45) is 1.08. The van der Waals surface area contributed by atoms with Crippen molar-refractivity contribution in [2.45, 2.75) is 11.5 Å². The molecule has 6 nitrogen and oxygen atoms in total. The molecule has 134 valence electrons. The number of alkyl halides is 2. The Morgan fingerprint density at radius 1 is 1.16 bits per heavy atom. The maximum atomic E-state index is 12.3. The minimum Gasteiger partial charge on any atom is -0.433 e. The molecule has 25 heavy (non-hydrogen) atoms.